The molecule has 0 fully saturated rings. The lowest BCUT2D eigenvalue weighted by Gasteiger charge is -2.07. The highest BCUT2D eigenvalue weighted by molar-refractivity contribution is 7.89. The van der Waals surface area contributed by atoms with Gasteiger partial charge in [0.2, 0.25) is 0 Å². The molecule has 1 heterocycles. The van der Waals surface area contributed by atoms with Crippen molar-refractivity contribution in [3.63, 3.8) is 0 Å². The maximum Gasteiger partial charge on any atom is 0.154 e. The molecular formula is C10H16N2O2S2. The summed E-state index contributed by atoms with van der Waals surface area (Å²) in [5.74, 6) is 0.813. The highest BCUT2D eigenvalue weighted by Gasteiger charge is 2.08. The maximum atomic E-state index is 11.2. The summed E-state index contributed by atoms with van der Waals surface area (Å²) >= 11 is 5.00. The predicted molar refractivity (Wildman–Crippen MR) is 66.5 cm³/mol. The highest BCUT2D eigenvalue weighted by Crippen LogP contribution is 2.07. The summed E-state index contributed by atoms with van der Waals surface area (Å²) in [5, 5.41) is 0. The average molecular weight is 260 g/mol. The van der Waals surface area contributed by atoms with Crippen molar-refractivity contribution in [3.8, 4) is 0 Å². The fraction of sp³-hybridized carbons (Fsp3) is 0.600. The standard InChI is InChI=1S/C10H16N2O2S2/c1-7(2)4-8-5-10(15)12-9(11-8)6-16(3,13)14/h5,7H,4,6H2,1-3H3,(H,11,12,15). The first-order chi connectivity index (χ1) is 7.26. The van der Waals surface area contributed by atoms with E-state index in [2.05, 4.69) is 23.8 Å². The van der Waals surface area contributed by atoms with Gasteiger partial charge in [0, 0.05) is 11.9 Å². The Labute approximate surface area is 101 Å². The largest absolute Gasteiger partial charge is 0.346 e. The van der Waals surface area contributed by atoms with E-state index in [1.54, 1.807) is 6.07 Å². The van der Waals surface area contributed by atoms with Crippen molar-refractivity contribution in [3.05, 3.63) is 22.2 Å². The van der Waals surface area contributed by atoms with E-state index in [1.807, 2.05) is 0 Å². The molecule has 1 aromatic heterocycles. The molecule has 1 rings (SSSR count). The van der Waals surface area contributed by atoms with Crippen molar-refractivity contribution in [2.45, 2.75) is 26.0 Å². The van der Waals surface area contributed by atoms with Gasteiger partial charge in [-0.3, -0.25) is 0 Å². The molecule has 0 atom stereocenters. The number of aromatic nitrogens is 2. The molecule has 0 saturated carbocycles. The number of nitrogens with one attached hydrogen (secondary N) is 1. The van der Waals surface area contributed by atoms with Crippen LogP contribution in [0.15, 0.2) is 6.07 Å². The molecule has 1 aromatic rings. The molecule has 0 amide bonds. The van der Waals surface area contributed by atoms with E-state index in [9.17, 15) is 8.42 Å². The van der Waals surface area contributed by atoms with Crippen molar-refractivity contribution in [2.75, 3.05) is 6.26 Å². The van der Waals surface area contributed by atoms with Gasteiger partial charge in [0.1, 0.15) is 16.2 Å². The third kappa shape index (κ3) is 4.85. The minimum Gasteiger partial charge on any atom is -0.346 e. The summed E-state index contributed by atoms with van der Waals surface area (Å²) in [6, 6.07) is 1.78. The quantitative estimate of drug-likeness (QED) is 0.840. The smallest absolute Gasteiger partial charge is 0.154 e. The van der Waals surface area contributed by atoms with Crippen LogP contribution >= 0.6 is 12.2 Å². The summed E-state index contributed by atoms with van der Waals surface area (Å²) in [5.41, 5.74) is 0.939. The van der Waals surface area contributed by atoms with Crippen molar-refractivity contribution < 1.29 is 8.42 Å². The van der Waals surface area contributed by atoms with Gasteiger partial charge in [-0.2, -0.15) is 0 Å². The van der Waals surface area contributed by atoms with Gasteiger partial charge in [-0.25, -0.2) is 13.4 Å². The minimum atomic E-state index is -3.08. The van der Waals surface area contributed by atoms with Gasteiger partial charge in [-0.05, 0) is 18.4 Å². The number of hydrogen-bond acceptors (Lipinski definition) is 4. The zero-order valence-electron chi connectivity index (χ0n) is 9.65. The Balaban J connectivity index is 3.03. The van der Waals surface area contributed by atoms with Gasteiger partial charge >= 0.3 is 0 Å². The number of aromatic amines is 1. The van der Waals surface area contributed by atoms with Crippen LogP contribution in [0.1, 0.15) is 25.4 Å². The summed E-state index contributed by atoms with van der Waals surface area (Å²) in [6.07, 6.45) is 2.02. The number of rotatable bonds is 4. The van der Waals surface area contributed by atoms with Gasteiger partial charge in [0.25, 0.3) is 0 Å². The van der Waals surface area contributed by atoms with E-state index in [1.165, 1.54) is 6.26 Å². The molecule has 0 aromatic carbocycles. The van der Waals surface area contributed by atoms with E-state index in [4.69, 9.17) is 12.2 Å². The van der Waals surface area contributed by atoms with E-state index in [0.717, 1.165) is 12.1 Å². The van der Waals surface area contributed by atoms with Gasteiger partial charge in [0.15, 0.2) is 9.84 Å². The van der Waals surface area contributed by atoms with Crippen LogP contribution in [-0.2, 0) is 22.0 Å². The third-order valence-electron chi connectivity index (χ3n) is 1.87. The van der Waals surface area contributed by atoms with Gasteiger partial charge in [-0.15, -0.1) is 0 Å². The molecule has 0 saturated heterocycles. The number of nitrogens with zero attached hydrogens (tertiary/aromatic N) is 1. The summed E-state index contributed by atoms with van der Waals surface area (Å²) in [6.45, 7) is 4.18. The molecule has 4 nitrogen and oxygen atoms in total. The molecule has 90 valence electrons. The summed E-state index contributed by atoms with van der Waals surface area (Å²) < 4.78 is 22.7. The van der Waals surface area contributed by atoms with Gasteiger partial charge in [0.05, 0.1) is 0 Å². The van der Waals surface area contributed by atoms with Crippen LogP contribution in [0.2, 0.25) is 0 Å². The third-order valence-corrected chi connectivity index (χ3v) is 2.88. The zero-order chi connectivity index (χ0) is 12.3. The molecule has 0 bridgehead atoms. The van der Waals surface area contributed by atoms with Crippen molar-refractivity contribution >= 4 is 22.1 Å². The molecule has 0 radical (unpaired) electrons. The Morgan fingerprint density at radius 3 is 2.62 bits per heavy atom. The van der Waals surface area contributed by atoms with Crippen LogP contribution in [0, 0.1) is 10.6 Å². The Morgan fingerprint density at radius 1 is 1.50 bits per heavy atom. The monoisotopic (exact) mass is 260 g/mol. The fourth-order valence-electron chi connectivity index (χ4n) is 1.43. The Hall–Kier alpha value is -0.750. The van der Waals surface area contributed by atoms with Crippen LogP contribution in [0.3, 0.4) is 0 Å². The first-order valence-corrected chi connectivity index (χ1v) is 7.50. The van der Waals surface area contributed by atoms with Crippen molar-refractivity contribution in [1.29, 1.82) is 0 Å². The first-order valence-electron chi connectivity index (χ1n) is 5.03. The van der Waals surface area contributed by atoms with Crippen molar-refractivity contribution in [2.24, 2.45) is 5.92 Å². The minimum absolute atomic E-state index is 0.0947. The van der Waals surface area contributed by atoms with Crippen LogP contribution in [-0.4, -0.2) is 24.6 Å². The lowest BCUT2D eigenvalue weighted by atomic mass is 10.1. The number of sulfone groups is 1. The topological polar surface area (TPSA) is 62.8 Å². The van der Waals surface area contributed by atoms with Crippen LogP contribution < -0.4 is 0 Å². The second kappa shape index (κ2) is 5.05. The Kier molecular flexibility index (Phi) is 4.21. The summed E-state index contributed by atoms with van der Waals surface area (Å²) in [4.78, 5) is 7.02. The molecule has 1 N–H and O–H groups in total. The number of hydrogen-bond donors (Lipinski definition) is 1. The molecule has 0 spiro atoms. The molecule has 6 heteroatoms. The van der Waals surface area contributed by atoms with Gasteiger partial charge in [-0.1, -0.05) is 26.1 Å². The van der Waals surface area contributed by atoms with E-state index >= 15 is 0 Å². The number of H-pyrrole nitrogens is 1. The predicted octanol–water partition coefficient (Wildman–Crippen LogP) is 1.88. The SMILES string of the molecule is CC(C)Cc1cc(=S)nc(CS(C)(=O)=O)[nH]1. The molecule has 0 aliphatic rings. The summed E-state index contributed by atoms with van der Waals surface area (Å²) in [7, 11) is -3.08. The van der Waals surface area contributed by atoms with Crippen LogP contribution in [0.5, 0.6) is 0 Å². The van der Waals surface area contributed by atoms with E-state index in [-0.39, 0.29) is 5.75 Å². The zero-order valence-corrected chi connectivity index (χ0v) is 11.3. The first kappa shape index (κ1) is 13.3. The second-order valence-corrected chi connectivity index (χ2v) is 6.92. The maximum absolute atomic E-state index is 11.2. The average Bonchev–Trinajstić information content (AvgIpc) is 1.96. The lowest BCUT2D eigenvalue weighted by molar-refractivity contribution is 0.598. The molecular weight excluding hydrogens is 244 g/mol. The molecule has 0 unspecified atom stereocenters. The second-order valence-electron chi connectivity index (χ2n) is 4.36. The fourth-order valence-corrected chi connectivity index (χ4v) is 2.32. The van der Waals surface area contributed by atoms with E-state index < -0.39 is 9.84 Å². The molecule has 0 aliphatic carbocycles. The van der Waals surface area contributed by atoms with Crippen LogP contribution in [0.4, 0.5) is 0 Å². The van der Waals surface area contributed by atoms with Gasteiger partial charge < -0.3 is 4.98 Å². The van der Waals surface area contributed by atoms with E-state index in [0.29, 0.717) is 16.4 Å². The lowest BCUT2D eigenvalue weighted by Crippen LogP contribution is -2.08. The molecule has 0 aliphatic heterocycles. The normalized spacial score (nSPS) is 12.0. The highest BCUT2D eigenvalue weighted by atomic mass is 32.2. The Morgan fingerprint density at radius 2 is 2.12 bits per heavy atom. The van der Waals surface area contributed by atoms with Crippen molar-refractivity contribution in [1.82, 2.24) is 9.97 Å². The van der Waals surface area contributed by atoms with Crippen LogP contribution in [0.25, 0.3) is 0 Å². The molecule has 16 heavy (non-hydrogen) atoms. The Bertz CT molecular complexity index is 518.